The fraction of sp³-hybridized carbons (Fsp3) is 1.00. The van der Waals surface area contributed by atoms with Gasteiger partial charge in [-0.1, -0.05) is 20.3 Å². The van der Waals surface area contributed by atoms with Gasteiger partial charge in [-0.15, -0.1) is 0 Å². The lowest BCUT2D eigenvalue weighted by atomic mass is 10.2. The minimum atomic E-state index is 1.15. The van der Waals surface area contributed by atoms with E-state index in [0.717, 1.165) is 13.1 Å². The van der Waals surface area contributed by atoms with Crippen molar-refractivity contribution in [2.24, 2.45) is 0 Å². The van der Waals surface area contributed by atoms with Gasteiger partial charge in [-0.05, 0) is 12.8 Å². The summed E-state index contributed by atoms with van der Waals surface area (Å²) in [5, 5.41) is 0. The van der Waals surface area contributed by atoms with Gasteiger partial charge in [0, 0.05) is 38.3 Å². The number of nitrogens with zero attached hydrogens (tertiary/aromatic N) is 2. The second-order valence-corrected chi connectivity index (χ2v) is 4.38. The van der Waals surface area contributed by atoms with E-state index in [9.17, 15) is 0 Å². The highest BCUT2D eigenvalue weighted by molar-refractivity contribution is 7.94. The van der Waals surface area contributed by atoms with E-state index in [-0.39, 0.29) is 0 Å². The largest absolute Gasteiger partial charge is 0.238 e. The standard InChI is InChI=1S/C9H20N2S/c1-3-10(4-2)12-11-8-6-5-7-9-11/h3-9H2,1-2H3. The Balaban J connectivity index is 2.18. The average Bonchev–Trinajstić information content (AvgIpc) is 2.16. The van der Waals surface area contributed by atoms with Crippen molar-refractivity contribution in [2.45, 2.75) is 33.1 Å². The molecule has 1 heterocycles. The molecule has 0 aromatic rings. The highest BCUT2D eigenvalue weighted by Gasteiger charge is 2.12. The Bertz CT molecular complexity index is 109. The Labute approximate surface area is 80.6 Å². The smallest absolute Gasteiger partial charge is 0.0101 e. The van der Waals surface area contributed by atoms with Crippen molar-refractivity contribution in [3.8, 4) is 0 Å². The van der Waals surface area contributed by atoms with E-state index in [2.05, 4.69) is 22.5 Å². The van der Waals surface area contributed by atoms with Gasteiger partial charge in [-0.3, -0.25) is 0 Å². The normalized spacial score (nSPS) is 20.2. The van der Waals surface area contributed by atoms with E-state index in [0.29, 0.717) is 0 Å². The van der Waals surface area contributed by atoms with Crippen LogP contribution in [0.25, 0.3) is 0 Å². The molecule has 0 saturated carbocycles. The summed E-state index contributed by atoms with van der Waals surface area (Å²) in [6.45, 7) is 9.30. The van der Waals surface area contributed by atoms with Crippen molar-refractivity contribution in [1.82, 2.24) is 8.61 Å². The summed E-state index contributed by atoms with van der Waals surface area (Å²) < 4.78 is 4.90. The molecule has 0 bridgehead atoms. The van der Waals surface area contributed by atoms with E-state index in [1.807, 2.05) is 12.1 Å². The molecule has 1 fully saturated rings. The van der Waals surface area contributed by atoms with Crippen LogP contribution in [0.2, 0.25) is 0 Å². The van der Waals surface area contributed by atoms with Gasteiger partial charge in [0.2, 0.25) is 0 Å². The molecular formula is C9H20N2S. The van der Waals surface area contributed by atoms with Crippen LogP contribution in [0.5, 0.6) is 0 Å². The van der Waals surface area contributed by atoms with E-state index in [1.54, 1.807) is 0 Å². The van der Waals surface area contributed by atoms with Crippen LogP contribution in [0.4, 0.5) is 0 Å². The zero-order valence-electron chi connectivity index (χ0n) is 8.25. The van der Waals surface area contributed by atoms with Gasteiger partial charge in [0.1, 0.15) is 0 Å². The third kappa shape index (κ3) is 3.33. The fourth-order valence-corrected chi connectivity index (χ4v) is 2.43. The van der Waals surface area contributed by atoms with Gasteiger partial charge in [0.25, 0.3) is 0 Å². The first-order valence-corrected chi connectivity index (χ1v) is 5.77. The van der Waals surface area contributed by atoms with Crippen LogP contribution in [-0.2, 0) is 0 Å². The molecular weight excluding hydrogens is 168 g/mol. The average molecular weight is 188 g/mol. The molecule has 0 unspecified atom stereocenters. The monoisotopic (exact) mass is 188 g/mol. The Kier molecular flexibility index (Phi) is 5.04. The highest BCUT2D eigenvalue weighted by atomic mass is 32.2. The predicted octanol–water partition coefficient (Wildman–Crippen LogP) is 2.38. The summed E-state index contributed by atoms with van der Waals surface area (Å²) in [5.74, 6) is 0. The third-order valence-corrected chi connectivity index (χ3v) is 3.59. The molecule has 3 heteroatoms. The topological polar surface area (TPSA) is 6.48 Å². The van der Waals surface area contributed by atoms with E-state index < -0.39 is 0 Å². The summed E-state index contributed by atoms with van der Waals surface area (Å²) >= 11 is 1.93. The van der Waals surface area contributed by atoms with Crippen molar-refractivity contribution in [3.63, 3.8) is 0 Å². The molecule has 1 rings (SSSR count). The molecule has 1 saturated heterocycles. The molecule has 0 atom stereocenters. The van der Waals surface area contributed by atoms with Crippen molar-refractivity contribution < 1.29 is 0 Å². The van der Waals surface area contributed by atoms with Gasteiger partial charge in [0.15, 0.2) is 0 Å². The highest BCUT2D eigenvalue weighted by Crippen LogP contribution is 2.20. The molecule has 0 N–H and O–H groups in total. The Hall–Kier alpha value is 0.270. The number of hydrogen-bond donors (Lipinski definition) is 0. The third-order valence-electron chi connectivity index (χ3n) is 2.25. The van der Waals surface area contributed by atoms with Gasteiger partial charge in [0.05, 0.1) is 0 Å². The number of piperidine rings is 1. The lowest BCUT2D eigenvalue weighted by Crippen LogP contribution is -2.29. The van der Waals surface area contributed by atoms with E-state index in [1.165, 1.54) is 32.4 Å². The van der Waals surface area contributed by atoms with Crippen molar-refractivity contribution >= 4 is 12.1 Å². The molecule has 1 aliphatic rings. The SMILES string of the molecule is CCN(CC)SN1CCCCC1. The summed E-state index contributed by atoms with van der Waals surface area (Å²) in [4.78, 5) is 0. The minimum absolute atomic E-state index is 1.15. The molecule has 0 aliphatic carbocycles. The van der Waals surface area contributed by atoms with Crippen LogP contribution < -0.4 is 0 Å². The molecule has 1 aliphatic heterocycles. The Morgan fingerprint density at radius 3 is 2.17 bits per heavy atom. The van der Waals surface area contributed by atoms with Crippen LogP contribution in [0, 0.1) is 0 Å². The molecule has 0 amide bonds. The van der Waals surface area contributed by atoms with Crippen LogP contribution >= 0.6 is 12.1 Å². The lowest BCUT2D eigenvalue weighted by Gasteiger charge is -2.29. The quantitative estimate of drug-likeness (QED) is 0.625. The summed E-state index contributed by atoms with van der Waals surface area (Å²) in [5.41, 5.74) is 0. The first-order valence-electron chi connectivity index (χ1n) is 5.04. The molecule has 0 radical (unpaired) electrons. The zero-order chi connectivity index (χ0) is 8.81. The Morgan fingerprint density at radius 2 is 1.67 bits per heavy atom. The second-order valence-electron chi connectivity index (χ2n) is 3.19. The summed E-state index contributed by atoms with van der Waals surface area (Å²) in [7, 11) is 0. The maximum Gasteiger partial charge on any atom is 0.0101 e. The minimum Gasteiger partial charge on any atom is -0.238 e. The predicted molar refractivity (Wildman–Crippen MR) is 55.9 cm³/mol. The van der Waals surface area contributed by atoms with Crippen molar-refractivity contribution in [3.05, 3.63) is 0 Å². The maximum atomic E-state index is 2.50. The van der Waals surface area contributed by atoms with Crippen LogP contribution in [0.15, 0.2) is 0 Å². The molecule has 2 nitrogen and oxygen atoms in total. The fourth-order valence-electron chi connectivity index (χ4n) is 1.45. The molecule has 0 aromatic carbocycles. The zero-order valence-corrected chi connectivity index (χ0v) is 9.07. The van der Waals surface area contributed by atoms with E-state index >= 15 is 0 Å². The second kappa shape index (κ2) is 5.84. The van der Waals surface area contributed by atoms with Gasteiger partial charge < -0.3 is 0 Å². The van der Waals surface area contributed by atoms with Crippen LogP contribution in [-0.4, -0.2) is 34.8 Å². The Morgan fingerprint density at radius 1 is 1.08 bits per heavy atom. The van der Waals surface area contributed by atoms with Crippen molar-refractivity contribution in [2.75, 3.05) is 26.2 Å². The van der Waals surface area contributed by atoms with Gasteiger partial charge >= 0.3 is 0 Å². The molecule has 12 heavy (non-hydrogen) atoms. The molecule has 72 valence electrons. The number of rotatable bonds is 4. The number of hydrogen-bond acceptors (Lipinski definition) is 3. The molecule has 0 spiro atoms. The first kappa shape index (κ1) is 10.4. The molecule has 0 aromatic heterocycles. The maximum absolute atomic E-state index is 2.50. The van der Waals surface area contributed by atoms with Crippen molar-refractivity contribution in [1.29, 1.82) is 0 Å². The van der Waals surface area contributed by atoms with Crippen LogP contribution in [0.1, 0.15) is 33.1 Å². The van der Waals surface area contributed by atoms with Gasteiger partial charge in [-0.2, -0.15) is 0 Å². The lowest BCUT2D eigenvalue weighted by molar-refractivity contribution is 0.361. The van der Waals surface area contributed by atoms with Gasteiger partial charge in [-0.25, -0.2) is 8.61 Å². The van der Waals surface area contributed by atoms with E-state index in [4.69, 9.17) is 0 Å². The first-order chi connectivity index (χ1) is 5.86. The summed E-state index contributed by atoms with van der Waals surface area (Å²) in [6, 6.07) is 0. The summed E-state index contributed by atoms with van der Waals surface area (Å²) in [6.07, 6.45) is 4.19. The van der Waals surface area contributed by atoms with Crippen LogP contribution in [0.3, 0.4) is 0 Å².